The summed E-state index contributed by atoms with van der Waals surface area (Å²) in [4.78, 5) is 26.5. The fourth-order valence-corrected chi connectivity index (χ4v) is 3.77. The summed E-state index contributed by atoms with van der Waals surface area (Å²) >= 11 is 0. The number of rotatable bonds is 3. The van der Waals surface area contributed by atoms with Crippen LogP contribution in [0.1, 0.15) is 46.3 Å². The Kier molecular flexibility index (Phi) is 4.59. The highest BCUT2D eigenvalue weighted by molar-refractivity contribution is 5.95. The van der Waals surface area contributed by atoms with Crippen LogP contribution in [0.25, 0.3) is 0 Å². The molecule has 6 heteroatoms. The highest BCUT2D eigenvalue weighted by atomic mass is 16.2. The van der Waals surface area contributed by atoms with Crippen molar-refractivity contribution < 1.29 is 4.79 Å². The molecule has 2 aliphatic rings. The van der Waals surface area contributed by atoms with Crippen molar-refractivity contribution in [2.45, 2.75) is 31.8 Å². The van der Waals surface area contributed by atoms with E-state index in [-0.39, 0.29) is 11.9 Å². The summed E-state index contributed by atoms with van der Waals surface area (Å²) < 4.78 is 0. The number of hydrogen-bond acceptors (Lipinski definition) is 5. The lowest BCUT2D eigenvalue weighted by molar-refractivity contribution is 0.0729. The van der Waals surface area contributed by atoms with Gasteiger partial charge in [0.15, 0.2) is 5.82 Å². The highest BCUT2D eigenvalue weighted by Crippen LogP contribution is 2.32. The molecule has 0 aliphatic carbocycles. The Morgan fingerprint density at radius 1 is 1.35 bits per heavy atom. The molecule has 1 fully saturated rings. The molecular formula is C20H25N5O. The predicted octanol–water partition coefficient (Wildman–Crippen LogP) is 2.17. The fraction of sp³-hybridized carbons (Fsp3) is 0.450. The molecular weight excluding hydrogens is 326 g/mol. The number of fused-ring (bicyclic) bond motifs is 1. The third-order valence-electron chi connectivity index (χ3n) is 5.25. The van der Waals surface area contributed by atoms with E-state index in [1.165, 1.54) is 5.56 Å². The molecule has 0 bridgehead atoms. The summed E-state index contributed by atoms with van der Waals surface area (Å²) in [5, 5.41) is 3.34. The number of hydrogen-bond donors (Lipinski definition) is 1. The molecule has 1 atom stereocenters. The first-order valence-corrected chi connectivity index (χ1v) is 9.27. The van der Waals surface area contributed by atoms with Crippen LogP contribution < -0.4 is 10.2 Å². The Hall–Kier alpha value is -2.47. The zero-order valence-corrected chi connectivity index (χ0v) is 15.4. The van der Waals surface area contributed by atoms with E-state index in [4.69, 9.17) is 4.98 Å². The average Bonchev–Trinajstić information content (AvgIpc) is 3.17. The maximum Gasteiger partial charge on any atom is 0.254 e. The molecule has 1 amide bonds. The minimum absolute atomic E-state index is 0.0225. The van der Waals surface area contributed by atoms with Crippen LogP contribution in [-0.2, 0) is 13.0 Å². The van der Waals surface area contributed by atoms with Crippen molar-refractivity contribution in [2.75, 3.05) is 32.1 Å². The Morgan fingerprint density at radius 2 is 2.23 bits per heavy atom. The van der Waals surface area contributed by atoms with Gasteiger partial charge in [0.05, 0.1) is 6.04 Å². The van der Waals surface area contributed by atoms with E-state index in [9.17, 15) is 4.79 Å². The van der Waals surface area contributed by atoms with Gasteiger partial charge in [-0.1, -0.05) is 6.07 Å². The topological polar surface area (TPSA) is 61.4 Å². The van der Waals surface area contributed by atoms with E-state index in [1.807, 2.05) is 54.4 Å². The van der Waals surface area contributed by atoms with Crippen molar-refractivity contribution in [3.05, 3.63) is 53.1 Å². The van der Waals surface area contributed by atoms with E-state index in [0.29, 0.717) is 0 Å². The van der Waals surface area contributed by atoms with Crippen LogP contribution in [0.15, 0.2) is 30.5 Å². The van der Waals surface area contributed by atoms with Gasteiger partial charge in [-0.05, 0) is 31.0 Å². The molecule has 2 aliphatic heterocycles. The molecule has 136 valence electrons. The zero-order valence-electron chi connectivity index (χ0n) is 15.4. The standard InChI is InChI=1S/C20H25N5O/c1-24(2)16-6-3-5-14(11-16)20(26)25-10-4-7-18(25)19-22-13-15-12-21-9-8-17(15)23-19/h3,5-6,11,13,18,21H,4,7-10,12H2,1-2H3/t18-/m1/s1. The van der Waals surface area contributed by atoms with Crippen LogP contribution in [0.3, 0.4) is 0 Å². The minimum Gasteiger partial charge on any atom is -0.378 e. The van der Waals surface area contributed by atoms with Gasteiger partial charge in [-0.15, -0.1) is 0 Å². The van der Waals surface area contributed by atoms with Crippen molar-refractivity contribution in [2.24, 2.45) is 0 Å². The summed E-state index contributed by atoms with van der Waals surface area (Å²) in [6, 6.07) is 7.78. The van der Waals surface area contributed by atoms with Crippen molar-refractivity contribution in [1.82, 2.24) is 20.2 Å². The van der Waals surface area contributed by atoms with Gasteiger partial charge in [0.2, 0.25) is 0 Å². The molecule has 0 unspecified atom stereocenters. The Balaban J connectivity index is 1.60. The molecule has 1 aromatic heterocycles. The molecule has 1 aromatic carbocycles. The normalized spacial score (nSPS) is 19.3. The van der Waals surface area contributed by atoms with Crippen LogP contribution in [0.5, 0.6) is 0 Å². The monoisotopic (exact) mass is 351 g/mol. The Morgan fingerprint density at radius 3 is 3.08 bits per heavy atom. The lowest BCUT2D eigenvalue weighted by Crippen LogP contribution is -2.32. The van der Waals surface area contributed by atoms with Crippen LogP contribution in [0.2, 0.25) is 0 Å². The van der Waals surface area contributed by atoms with Crippen LogP contribution >= 0.6 is 0 Å². The second kappa shape index (κ2) is 7.03. The molecule has 0 saturated carbocycles. The number of likely N-dealkylation sites (tertiary alicyclic amines) is 1. The molecule has 0 spiro atoms. The number of amides is 1. The van der Waals surface area contributed by atoms with Gasteiger partial charge < -0.3 is 15.1 Å². The number of nitrogens with one attached hydrogen (secondary N) is 1. The summed E-state index contributed by atoms with van der Waals surface area (Å²) in [5.74, 6) is 0.861. The average molecular weight is 351 g/mol. The van der Waals surface area contributed by atoms with Crippen molar-refractivity contribution in [3.8, 4) is 0 Å². The zero-order chi connectivity index (χ0) is 18.1. The summed E-state index contributed by atoms with van der Waals surface area (Å²) in [5.41, 5.74) is 4.06. The largest absolute Gasteiger partial charge is 0.378 e. The lowest BCUT2D eigenvalue weighted by Gasteiger charge is -2.25. The molecule has 1 saturated heterocycles. The van der Waals surface area contributed by atoms with E-state index in [0.717, 1.165) is 61.7 Å². The lowest BCUT2D eigenvalue weighted by atomic mass is 10.1. The fourth-order valence-electron chi connectivity index (χ4n) is 3.77. The first-order chi connectivity index (χ1) is 12.6. The summed E-state index contributed by atoms with van der Waals surface area (Å²) in [6.07, 6.45) is 4.77. The highest BCUT2D eigenvalue weighted by Gasteiger charge is 2.33. The van der Waals surface area contributed by atoms with Crippen LogP contribution in [-0.4, -0.2) is 48.0 Å². The molecule has 26 heavy (non-hydrogen) atoms. The van der Waals surface area contributed by atoms with Crippen LogP contribution in [0.4, 0.5) is 5.69 Å². The van der Waals surface area contributed by atoms with Crippen molar-refractivity contribution in [3.63, 3.8) is 0 Å². The Bertz CT molecular complexity index is 820. The van der Waals surface area contributed by atoms with Gasteiger partial charge in [-0.2, -0.15) is 0 Å². The summed E-state index contributed by atoms with van der Waals surface area (Å²) in [7, 11) is 3.97. The first kappa shape index (κ1) is 17.0. The maximum absolute atomic E-state index is 13.1. The minimum atomic E-state index is -0.0225. The first-order valence-electron chi connectivity index (χ1n) is 9.27. The molecule has 2 aromatic rings. The molecule has 4 rings (SSSR count). The number of benzene rings is 1. The van der Waals surface area contributed by atoms with Gasteiger partial charge in [-0.25, -0.2) is 9.97 Å². The summed E-state index contributed by atoms with van der Waals surface area (Å²) in [6.45, 7) is 2.55. The van der Waals surface area contributed by atoms with Gasteiger partial charge in [0.1, 0.15) is 0 Å². The number of nitrogens with zero attached hydrogens (tertiary/aromatic N) is 4. The Labute approximate surface area is 154 Å². The third kappa shape index (κ3) is 3.17. The maximum atomic E-state index is 13.1. The SMILES string of the molecule is CN(C)c1cccc(C(=O)N2CCC[C@@H]2c2ncc3c(n2)CCNC3)c1. The van der Waals surface area contributed by atoms with Gasteiger partial charge in [-0.3, -0.25) is 4.79 Å². The molecule has 0 radical (unpaired) electrons. The van der Waals surface area contributed by atoms with Crippen LogP contribution in [0, 0.1) is 0 Å². The van der Waals surface area contributed by atoms with Gasteiger partial charge in [0, 0.05) is 68.9 Å². The van der Waals surface area contributed by atoms with E-state index in [2.05, 4.69) is 10.3 Å². The smallest absolute Gasteiger partial charge is 0.254 e. The van der Waals surface area contributed by atoms with E-state index < -0.39 is 0 Å². The number of carbonyl (C=O) groups excluding carboxylic acids is 1. The number of carbonyl (C=O) groups is 1. The molecule has 3 heterocycles. The van der Waals surface area contributed by atoms with Crippen molar-refractivity contribution >= 4 is 11.6 Å². The quantitative estimate of drug-likeness (QED) is 0.918. The molecule has 6 nitrogen and oxygen atoms in total. The van der Waals surface area contributed by atoms with E-state index >= 15 is 0 Å². The van der Waals surface area contributed by atoms with Gasteiger partial charge >= 0.3 is 0 Å². The van der Waals surface area contributed by atoms with Gasteiger partial charge in [0.25, 0.3) is 5.91 Å². The number of anilines is 1. The second-order valence-electron chi connectivity index (χ2n) is 7.23. The predicted molar refractivity (Wildman–Crippen MR) is 101 cm³/mol. The van der Waals surface area contributed by atoms with E-state index in [1.54, 1.807) is 0 Å². The second-order valence-corrected chi connectivity index (χ2v) is 7.23. The number of aromatic nitrogens is 2. The molecule has 1 N–H and O–H groups in total. The van der Waals surface area contributed by atoms with Crippen molar-refractivity contribution in [1.29, 1.82) is 0 Å². The third-order valence-corrected chi connectivity index (χ3v) is 5.25.